The molecular formula is C22H25N5O. The largest absolute Gasteiger partial charge is 0.355 e. The van der Waals surface area contributed by atoms with Crippen LogP contribution in [0.1, 0.15) is 18.4 Å². The number of amides is 2. The van der Waals surface area contributed by atoms with Gasteiger partial charge in [-0.15, -0.1) is 0 Å². The second-order valence-electron chi connectivity index (χ2n) is 7.20. The normalized spacial score (nSPS) is 14.8. The summed E-state index contributed by atoms with van der Waals surface area (Å²) in [6.45, 7) is 3.12. The van der Waals surface area contributed by atoms with Crippen LogP contribution in [0.5, 0.6) is 0 Å². The van der Waals surface area contributed by atoms with Gasteiger partial charge in [-0.25, -0.2) is 9.78 Å². The summed E-state index contributed by atoms with van der Waals surface area (Å²) in [5.41, 5.74) is 1.13. The number of fused-ring (bicyclic) bond motifs is 1. The van der Waals surface area contributed by atoms with Crippen molar-refractivity contribution in [1.29, 1.82) is 0 Å². The Balaban J connectivity index is 1.22. The van der Waals surface area contributed by atoms with Crippen molar-refractivity contribution < 1.29 is 4.79 Å². The summed E-state index contributed by atoms with van der Waals surface area (Å²) < 4.78 is 0. The third-order valence-corrected chi connectivity index (χ3v) is 5.36. The molecule has 0 bridgehead atoms. The van der Waals surface area contributed by atoms with E-state index < -0.39 is 0 Å². The predicted octanol–water partition coefficient (Wildman–Crippen LogP) is 3.35. The molecule has 1 fully saturated rings. The zero-order chi connectivity index (χ0) is 19.2. The minimum absolute atomic E-state index is 0.107. The summed E-state index contributed by atoms with van der Waals surface area (Å²) in [5, 5.41) is 8.39. The van der Waals surface area contributed by atoms with E-state index in [0.717, 1.165) is 37.3 Å². The molecular weight excluding hydrogens is 350 g/mol. The molecule has 0 radical (unpaired) electrons. The molecule has 4 rings (SSSR count). The van der Waals surface area contributed by atoms with E-state index in [-0.39, 0.29) is 6.03 Å². The molecule has 1 aliphatic heterocycles. The molecule has 6 heteroatoms. The molecule has 0 unspecified atom stereocenters. The maximum atomic E-state index is 12.2. The highest BCUT2D eigenvalue weighted by molar-refractivity contribution is 5.86. The lowest BCUT2D eigenvalue weighted by atomic mass is 9.97. The number of carbonyl (C=O) groups is 1. The number of nitrogens with one attached hydrogen (secondary N) is 2. The molecule has 2 N–H and O–H groups in total. The van der Waals surface area contributed by atoms with Crippen molar-refractivity contribution in [1.82, 2.24) is 20.6 Å². The molecule has 28 heavy (non-hydrogen) atoms. The van der Waals surface area contributed by atoms with Gasteiger partial charge in [-0.3, -0.25) is 4.98 Å². The number of nitrogens with zero attached hydrogens (tertiary/aromatic N) is 3. The van der Waals surface area contributed by atoms with Crippen LogP contribution in [0.2, 0.25) is 0 Å². The Labute approximate surface area is 165 Å². The van der Waals surface area contributed by atoms with Crippen LogP contribution in [-0.4, -0.2) is 35.6 Å². The van der Waals surface area contributed by atoms with Crippen LogP contribution in [0.3, 0.4) is 0 Å². The Hall–Kier alpha value is -3.15. The molecule has 0 spiro atoms. The Kier molecular flexibility index (Phi) is 5.66. The van der Waals surface area contributed by atoms with Crippen LogP contribution in [0.4, 0.5) is 10.6 Å². The Bertz CT molecular complexity index is 917. The third kappa shape index (κ3) is 4.39. The Morgan fingerprint density at radius 3 is 2.68 bits per heavy atom. The summed E-state index contributed by atoms with van der Waals surface area (Å²) in [6, 6.07) is 14.3. The van der Waals surface area contributed by atoms with Crippen molar-refractivity contribution >= 4 is 22.6 Å². The van der Waals surface area contributed by atoms with Crippen LogP contribution < -0.4 is 15.5 Å². The van der Waals surface area contributed by atoms with Gasteiger partial charge in [-0.1, -0.05) is 42.5 Å². The van der Waals surface area contributed by atoms with Gasteiger partial charge in [0.25, 0.3) is 0 Å². The summed E-state index contributed by atoms with van der Waals surface area (Å²) >= 11 is 0. The highest BCUT2D eigenvalue weighted by Crippen LogP contribution is 2.21. The zero-order valence-corrected chi connectivity index (χ0v) is 15.8. The number of aromatic nitrogens is 2. The van der Waals surface area contributed by atoms with E-state index in [0.29, 0.717) is 19.0 Å². The van der Waals surface area contributed by atoms with Crippen LogP contribution in [0.25, 0.3) is 10.8 Å². The topological polar surface area (TPSA) is 70.2 Å². The number of carbonyl (C=O) groups excluding carboxylic acids is 1. The van der Waals surface area contributed by atoms with E-state index in [9.17, 15) is 4.79 Å². The lowest BCUT2D eigenvalue weighted by Gasteiger charge is -2.32. The van der Waals surface area contributed by atoms with E-state index >= 15 is 0 Å². The lowest BCUT2D eigenvalue weighted by Crippen LogP contribution is -2.42. The average molecular weight is 375 g/mol. The van der Waals surface area contributed by atoms with Crippen molar-refractivity contribution in [3.63, 3.8) is 0 Å². The number of hydrogen-bond acceptors (Lipinski definition) is 4. The third-order valence-electron chi connectivity index (χ3n) is 5.36. The molecule has 0 aliphatic carbocycles. The Morgan fingerprint density at radius 1 is 1.04 bits per heavy atom. The number of piperidine rings is 1. The maximum Gasteiger partial charge on any atom is 0.315 e. The van der Waals surface area contributed by atoms with Crippen LogP contribution >= 0.6 is 0 Å². The minimum Gasteiger partial charge on any atom is -0.355 e. The Morgan fingerprint density at radius 2 is 1.86 bits per heavy atom. The van der Waals surface area contributed by atoms with E-state index in [1.54, 1.807) is 18.6 Å². The lowest BCUT2D eigenvalue weighted by molar-refractivity contribution is 0.237. The molecule has 1 saturated heterocycles. The summed E-state index contributed by atoms with van der Waals surface area (Å²) in [6.07, 6.45) is 7.31. The van der Waals surface area contributed by atoms with Crippen LogP contribution in [0, 0.1) is 5.92 Å². The van der Waals surface area contributed by atoms with E-state index in [2.05, 4.69) is 49.8 Å². The number of anilines is 1. The molecule has 0 saturated carbocycles. The van der Waals surface area contributed by atoms with Gasteiger partial charge < -0.3 is 15.5 Å². The zero-order valence-electron chi connectivity index (χ0n) is 15.8. The standard InChI is InChI=1S/C22H25N5O/c28-22(26-15-19-6-3-5-18-4-1-2-7-20(18)19)25-14-17-8-12-27(13-9-17)21-16-23-10-11-24-21/h1-7,10-11,16-17H,8-9,12-15H2,(H2,25,26,28). The molecule has 144 valence electrons. The monoisotopic (exact) mass is 375 g/mol. The first-order valence-corrected chi connectivity index (χ1v) is 9.79. The van der Waals surface area contributed by atoms with Gasteiger partial charge in [0.2, 0.25) is 0 Å². The van der Waals surface area contributed by atoms with Gasteiger partial charge >= 0.3 is 6.03 Å². The van der Waals surface area contributed by atoms with E-state index in [4.69, 9.17) is 0 Å². The smallest absolute Gasteiger partial charge is 0.315 e. The molecule has 6 nitrogen and oxygen atoms in total. The van der Waals surface area contributed by atoms with Gasteiger partial charge in [-0.05, 0) is 35.1 Å². The molecule has 2 heterocycles. The maximum absolute atomic E-state index is 12.2. The SMILES string of the molecule is O=C(NCc1cccc2ccccc12)NCC1CCN(c2cnccn2)CC1. The fourth-order valence-electron chi connectivity index (χ4n) is 3.74. The van der Waals surface area contributed by atoms with Crippen molar-refractivity contribution in [2.75, 3.05) is 24.5 Å². The van der Waals surface area contributed by atoms with Crippen molar-refractivity contribution in [3.8, 4) is 0 Å². The number of benzene rings is 2. The first-order valence-electron chi connectivity index (χ1n) is 9.79. The predicted molar refractivity (Wildman–Crippen MR) is 111 cm³/mol. The quantitative estimate of drug-likeness (QED) is 0.718. The van der Waals surface area contributed by atoms with Gasteiger partial charge in [0.1, 0.15) is 5.82 Å². The van der Waals surface area contributed by atoms with Crippen LogP contribution in [-0.2, 0) is 6.54 Å². The highest BCUT2D eigenvalue weighted by Gasteiger charge is 2.20. The van der Waals surface area contributed by atoms with Crippen molar-refractivity contribution in [2.45, 2.75) is 19.4 Å². The first kappa shape index (κ1) is 18.2. The molecule has 3 aromatic rings. The first-order chi connectivity index (χ1) is 13.8. The number of urea groups is 1. The summed E-state index contributed by atoms with van der Waals surface area (Å²) in [5.74, 6) is 1.43. The van der Waals surface area contributed by atoms with Gasteiger partial charge in [0, 0.05) is 38.6 Å². The summed E-state index contributed by atoms with van der Waals surface area (Å²) in [4.78, 5) is 23.0. The number of hydrogen-bond donors (Lipinski definition) is 2. The molecule has 1 aliphatic rings. The van der Waals surface area contributed by atoms with Crippen molar-refractivity contribution in [2.24, 2.45) is 5.92 Å². The summed E-state index contributed by atoms with van der Waals surface area (Å²) in [7, 11) is 0. The minimum atomic E-state index is -0.107. The van der Waals surface area contributed by atoms with E-state index in [1.807, 2.05) is 18.2 Å². The number of rotatable bonds is 5. The van der Waals surface area contributed by atoms with Crippen LogP contribution in [0.15, 0.2) is 61.1 Å². The average Bonchev–Trinajstić information content (AvgIpc) is 2.77. The van der Waals surface area contributed by atoms with Gasteiger partial charge in [-0.2, -0.15) is 0 Å². The molecule has 2 amide bonds. The second kappa shape index (κ2) is 8.69. The second-order valence-corrected chi connectivity index (χ2v) is 7.20. The van der Waals surface area contributed by atoms with Gasteiger partial charge in [0.05, 0.1) is 6.20 Å². The van der Waals surface area contributed by atoms with Crippen molar-refractivity contribution in [3.05, 3.63) is 66.6 Å². The highest BCUT2D eigenvalue weighted by atomic mass is 16.2. The van der Waals surface area contributed by atoms with Gasteiger partial charge in [0.15, 0.2) is 0 Å². The molecule has 0 atom stereocenters. The van der Waals surface area contributed by atoms with E-state index in [1.165, 1.54) is 10.8 Å². The molecule has 2 aromatic carbocycles. The fourth-order valence-corrected chi connectivity index (χ4v) is 3.74. The molecule has 1 aromatic heterocycles. The fraction of sp³-hybridized carbons (Fsp3) is 0.318.